The van der Waals surface area contributed by atoms with Crippen molar-refractivity contribution in [1.82, 2.24) is 0 Å². The topological polar surface area (TPSA) is 65.5 Å². The molecule has 0 saturated heterocycles. The number of hydrogen-bond donors (Lipinski definition) is 1. The third-order valence-electron chi connectivity index (χ3n) is 2.52. The standard InChI is InChI=1S/C9H10BrNO3/c1-13-8(12)9(11)3-2-5-4-6(10)14-7(5)9/h4H,2-3,11H2,1H3. The number of ether oxygens (including phenoxy) is 1. The first-order chi connectivity index (χ1) is 6.58. The van der Waals surface area contributed by atoms with Gasteiger partial charge in [0.15, 0.2) is 10.2 Å². The average Bonchev–Trinajstić information content (AvgIpc) is 2.66. The van der Waals surface area contributed by atoms with E-state index in [-0.39, 0.29) is 0 Å². The van der Waals surface area contributed by atoms with Crippen LogP contribution in [0, 0.1) is 0 Å². The SMILES string of the molecule is COC(=O)C1(N)CCc2cc(Br)oc21. The first-order valence-corrected chi connectivity index (χ1v) is 5.03. The van der Waals surface area contributed by atoms with Gasteiger partial charge < -0.3 is 14.9 Å². The van der Waals surface area contributed by atoms with E-state index < -0.39 is 11.5 Å². The number of aryl methyl sites for hydroxylation is 1. The molecule has 0 amide bonds. The van der Waals surface area contributed by atoms with Crippen LogP contribution >= 0.6 is 15.9 Å². The van der Waals surface area contributed by atoms with Crippen molar-refractivity contribution in [1.29, 1.82) is 0 Å². The Morgan fingerprint density at radius 2 is 2.50 bits per heavy atom. The van der Waals surface area contributed by atoms with E-state index >= 15 is 0 Å². The molecule has 76 valence electrons. The van der Waals surface area contributed by atoms with Crippen LogP contribution < -0.4 is 5.73 Å². The van der Waals surface area contributed by atoms with Crippen LogP contribution in [0.15, 0.2) is 15.2 Å². The Bertz CT molecular complexity index is 387. The van der Waals surface area contributed by atoms with Crippen LogP contribution in [0.1, 0.15) is 17.7 Å². The number of esters is 1. The van der Waals surface area contributed by atoms with Crippen LogP contribution in [0.3, 0.4) is 0 Å². The van der Waals surface area contributed by atoms with Crippen LogP contribution in [0.25, 0.3) is 0 Å². The summed E-state index contributed by atoms with van der Waals surface area (Å²) in [6.45, 7) is 0. The van der Waals surface area contributed by atoms with Gasteiger partial charge in [0.25, 0.3) is 0 Å². The summed E-state index contributed by atoms with van der Waals surface area (Å²) in [6, 6.07) is 1.84. The summed E-state index contributed by atoms with van der Waals surface area (Å²) in [7, 11) is 1.33. The van der Waals surface area contributed by atoms with Crippen molar-refractivity contribution >= 4 is 21.9 Å². The molecule has 4 nitrogen and oxygen atoms in total. The van der Waals surface area contributed by atoms with E-state index in [0.29, 0.717) is 16.9 Å². The summed E-state index contributed by atoms with van der Waals surface area (Å²) in [4.78, 5) is 11.5. The van der Waals surface area contributed by atoms with Gasteiger partial charge >= 0.3 is 5.97 Å². The predicted octanol–water partition coefficient (Wildman–Crippen LogP) is 1.32. The Morgan fingerprint density at radius 3 is 3.14 bits per heavy atom. The van der Waals surface area contributed by atoms with E-state index in [1.54, 1.807) is 0 Å². The van der Waals surface area contributed by atoms with E-state index in [2.05, 4.69) is 20.7 Å². The number of halogens is 1. The maximum absolute atomic E-state index is 11.5. The molecule has 1 aromatic rings. The van der Waals surface area contributed by atoms with Gasteiger partial charge in [0.05, 0.1) is 7.11 Å². The van der Waals surface area contributed by atoms with E-state index in [1.807, 2.05) is 6.07 Å². The summed E-state index contributed by atoms with van der Waals surface area (Å²) in [5, 5.41) is 0. The predicted molar refractivity (Wildman–Crippen MR) is 52.6 cm³/mol. The fourth-order valence-corrected chi connectivity index (χ4v) is 2.22. The summed E-state index contributed by atoms with van der Waals surface area (Å²) in [5.41, 5.74) is 5.82. The van der Waals surface area contributed by atoms with Gasteiger partial charge in [-0.3, -0.25) is 0 Å². The van der Waals surface area contributed by atoms with Gasteiger partial charge in [-0.15, -0.1) is 0 Å². The molecule has 0 aromatic carbocycles. The molecule has 14 heavy (non-hydrogen) atoms. The van der Waals surface area contributed by atoms with Crippen LogP contribution in [0.2, 0.25) is 0 Å². The van der Waals surface area contributed by atoms with Crippen LogP contribution in [0.5, 0.6) is 0 Å². The van der Waals surface area contributed by atoms with Crippen molar-refractivity contribution in [3.05, 3.63) is 22.1 Å². The van der Waals surface area contributed by atoms with Gasteiger partial charge in [-0.1, -0.05) is 0 Å². The van der Waals surface area contributed by atoms with E-state index in [1.165, 1.54) is 7.11 Å². The van der Waals surface area contributed by atoms with Crippen molar-refractivity contribution in [3.63, 3.8) is 0 Å². The van der Waals surface area contributed by atoms with Crippen molar-refractivity contribution in [2.24, 2.45) is 5.73 Å². The minimum atomic E-state index is -1.10. The van der Waals surface area contributed by atoms with Gasteiger partial charge in [-0.25, -0.2) is 4.79 Å². The van der Waals surface area contributed by atoms with Gasteiger partial charge in [0, 0.05) is 0 Å². The van der Waals surface area contributed by atoms with E-state index in [9.17, 15) is 4.79 Å². The third kappa shape index (κ3) is 1.19. The highest BCUT2D eigenvalue weighted by atomic mass is 79.9. The lowest BCUT2D eigenvalue weighted by atomic mass is 10.00. The Balaban J connectivity index is 2.45. The van der Waals surface area contributed by atoms with Gasteiger partial charge in [-0.2, -0.15) is 0 Å². The molecule has 1 unspecified atom stereocenters. The monoisotopic (exact) mass is 259 g/mol. The number of fused-ring (bicyclic) bond motifs is 1. The molecule has 2 N–H and O–H groups in total. The molecule has 5 heteroatoms. The van der Waals surface area contributed by atoms with Gasteiger partial charge in [0.1, 0.15) is 5.76 Å². The van der Waals surface area contributed by atoms with Crippen molar-refractivity contribution in [2.45, 2.75) is 18.4 Å². The average molecular weight is 260 g/mol. The molecular weight excluding hydrogens is 250 g/mol. The molecule has 1 aliphatic carbocycles. The first kappa shape index (κ1) is 9.73. The summed E-state index contributed by atoms with van der Waals surface area (Å²) >= 11 is 3.21. The van der Waals surface area contributed by atoms with Crippen LogP contribution in [-0.2, 0) is 21.5 Å². The molecule has 0 aliphatic heterocycles. The number of carbonyl (C=O) groups excluding carboxylic acids is 1. The zero-order valence-corrected chi connectivity index (χ0v) is 9.26. The van der Waals surface area contributed by atoms with Crippen molar-refractivity contribution in [2.75, 3.05) is 7.11 Å². The molecule has 0 saturated carbocycles. The molecule has 0 bridgehead atoms. The molecule has 1 aromatic heterocycles. The highest BCUT2D eigenvalue weighted by molar-refractivity contribution is 9.10. The molecule has 0 radical (unpaired) electrons. The number of furan rings is 1. The van der Waals surface area contributed by atoms with Gasteiger partial charge in [-0.05, 0) is 40.4 Å². The molecule has 0 spiro atoms. The van der Waals surface area contributed by atoms with Crippen LogP contribution in [0.4, 0.5) is 0 Å². The summed E-state index contributed by atoms with van der Waals surface area (Å²) in [5.74, 6) is 0.0781. The molecule has 2 rings (SSSR count). The summed E-state index contributed by atoms with van der Waals surface area (Å²) in [6.07, 6.45) is 1.29. The number of rotatable bonds is 1. The fourth-order valence-electron chi connectivity index (χ4n) is 1.78. The Labute approximate surface area is 89.5 Å². The highest BCUT2D eigenvalue weighted by Crippen LogP contribution is 2.39. The minimum Gasteiger partial charge on any atom is -0.467 e. The zero-order valence-electron chi connectivity index (χ0n) is 7.67. The molecule has 1 aliphatic rings. The minimum absolute atomic E-state index is 0.446. The Kier molecular flexibility index (Phi) is 2.16. The van der Waals surface area contributed by atoms with Crippen molar-refractivity contribution < 1.29 is 13.9 Å². The van der Waals surface area contributed by atoms with Crippen LogP contribution in [-0.4, -0.2) is 13.1 Å². The van der Waals surface area contributed by atoms with E-state index in [4.69, 9.17) is 10.2 Å². The quantitative estimate of drug-likeness (QED) is 0.773. The maximum Gasteiger partial charge on any atom is 0.333 e. The number of nitrogens with two attached hydrogens (primary N) is 1. The molecular formula is C9H10BrNO3. The molecule has 0 fully saturated rings. The second kappa shape index (κ2) is 3.10. The number of hydrogen-bond acceptors (Lipinski definition) is 4. The number of methoxy groups -OCH3 is 1. The lowest BCUT2D eigenvalue weighted by Crippen LogP contribution is -2.43. The van der Waals surface area contributed by atoms with E-state index in [0.717, 1.165) is 12.0 Å². The third-order valence-corrected chi connectivity index (χ3v) is 2.91. The lowest BCUT2D eigenvalue weighted by Gasteiger charge is -2.19. The normalized spacial score (nSPS) is 24.8. The van der Waals surface area contributed by atoms with Crippen molar-refractivity contribution in [3.8, 4) is 0 Å². The second-order valence-electron chi connectivity index (χ2n) is 3.37. The summed E-state index contributed by atoms with van der Waals surface area (Å²) < 4.78 is 10.6. The zero-order chi connectivity index (χ0) is 10.3. The largest absolute Gasteiger partial charge is 0.467 e. The highest BCUT2D eigenvalue weighted by Gasteiger charge is 2.46. The second-order valence-corrected chi connectivity index (χ2v) is 4.15. The fraction of sp³-hybridized carbons (Fsp3) is 0.444. The van der Waals surface area contributed by atoms with Gasteiger partial charge in [0.2, 0.25) is 0 Å². The maximum atomic E-state index is 11.5. The Hall–Kier alpha value is -0.810. The smallest absolute Gasteiger partial charge is 0.333 e. The first-order valence-electron chi connectivity index (χ1n) is 4.24. The number of carbonyl (C=O) groups is 1. The Morgan fingerprint density at radius 1 is 1.79 bits per heavy atom. The lowest BCUT2D eigenvalue weighted by molar-refractivity contribution is -0.148. The molecule has 1 heterocycles. The molecule has 1 atom stereocenters.